The topological polar surface area (TPSA) is 80.9 Å². The van der Waals surface area contributed by atoms with Crippen LogP contribution in [0.3, 0.4) is 0 Å². The number of rotatable bonds is 5. The molecule has 4 aliphatic carbocycles. The zero-order chi connectivity index (χ0) is 25.5. The smallest absolute Gasteiger partial charge is 0.108 e. The molecule has 10 atom stereocenters. The van der Waals surface area contributed by atoms with Crippen LogP contribution >= 0.6 is 0 Å². The molecule has 34 heavy (non-hydrogen) atoms. The van der Waals surface area contributed by atoms with Gasteiger partial charge in [-0.3, -0.25) is 0 Å². The molecule has 0 heterocycles. The highest BCUT2D eigenvalue weighted by Crippen LogP contribution is 2.73. The van der Waals surface area contributed by atoms with Crippen LogP contribution in [0.15, 0.2) is 11.6 Å². The van der Waals surface area contributed by atoms with E-state index in [-0.39, 0.29) is 33.7 Å². The standard InChI is InChI=1S/C30H52O4/c1-18(17-22(31)25(33)27(4,5)34)19-11-15-30(8)21-9-10-23-26(2,3)24(32)13-14-28(23,6)20(21)12-16-29(19,30)7/h9,18-20,22-25,31-34H,10-17H2,1-8H3/t18-,19?,20?,22+,23?,24-,25-,28+,29-,30+/m0/s1. The average molecular weight is 477 g/mol. The van der Waals surface area contributed by atoms with Gasteiger partial charge in [-0.2, -0.15) is 0 Å². The highest BCUT2D eigenvalue weighted by Gasteiger charge is 2.65. The maximum absolute atomic E-state index is 10.8. The highest BCUT2D eigenvalue weighted by atomic mass is 16.4. The normalized spacial score (nSPS) is 46.5. The van der Waals surface area contributed by atoms with E-state index < -0.39 is 17.8 Å². The predicted octanol–water partition coefficient (Wildman–Crippen LogP) is 5.47. The van der Waals surface area contributed by atoms with Crippen LogP contribution in [-0.2, 0) is 0 Å². The Kier molecular flexibility index (Phi) is 6.50. The molecule has 0 aromatic heterocycles. The van der Waals surface area contributed by atoms with Crippen LogP contribution in [0.25, 0.3) is 0 Å². The van der Waals surface area contributed by atoms with Crippen molar-refractivity contribution < 1.29 is 20.4 Å². The molecule has 196 valence electrons. The van der Waals surface area contributed by atoms with E-state index in [9.17, 15) is 20.4 Å². The summed E-state index contributed by atoms with van der Waals surface area (Å²) in [4.78, 5) is 0. The summed E-state index contributed by atoms with van der Waals surface area (Å²) in [6.45, 7) is 17.5. The summed E-state index contributed by atoms with van der Waals surface area (Å²) >= 11 is 0. The first kappa shape index (κ1) is 26.6. The fourth-order valence-electron chi connectivity index (χ4n) is 9.80. The van der Waals surface area contributed by atoms with Crippen molar-refractivity contribution in [3.8, 4) is 0 Å². The van der Waals surface area contributed by atoms with Crippen molar-refractivity contribution in [2.45, 2.75) is 131 Å². The molecule has 0 radical (unpaired) electrons. The van der Waals surface area contributed by atoms with Crippen molar-refractivity contribution in [1.29, 1.82) is 0 Å². The molecule has 0 spiro atoms. The Morgan fingerprint density at radius 3 is 2.26 bits per heavy atom. The summed E-state index contributed by atoms with van der Waals surface area (Å²) in [5.41, 5.74) is 0.962. The minimum absolute atomic E-state index is 0.0408. The van der Waals surface area contributed by atoms with Crippen molar-refractivity contribution in [2.24, 2.45) is 45.3 Å². The number of hydrogen-bond donors (Lipinski definition) is 4. The molecule has 0 bridgehead atoms. The van der Waals surface area contributed by atoms with Crippen LogP contribution in [0.5, 0.6) is 0 Å². The molecular weight excluding hydrogens is 424 g/mol. The second-order valence-corrected chi connectivity index (χ2v) is 14.7. The Morgan fingerprint density at radius 1 is 1.00 bits per heavy atom. The van der Waals surface area contributed by atoms with Crippen molar-refractivity contribution in [1.82, 2.24) is 0 Å². The van der Waals surface area contributed by atoms with Gasteiger partial charge in [-0.1, -0.05) is 53.2 Å². The van der Waals surface area contributed by atoms with E-state index in [2.05, 4.69) is 47.6 Å². The fraction of sp³-hybridized carbons (Fsp3) is 0.933. The van der Waals surface area contributed by atoms with Gasteiger partial charge >= 0.3 is 0 Å². The molecule has 0 aromatic rings. The van der Waals surface area contributed by atoms with E-state index in [0.717, 1.165) is 25.7 Å². The lowest BCUT2D eigenvalue weighted by Gasteiger charge is -2.64. The summed E-state index contributed by atoms with van der Waals surface area (Å²) in [6, 6.07) is 0. The Bertz CT molecular complexity index is 811. The van der Waals surface area contributed by atoms with Crippen LogP contribution in [0, 0.1) is 45.3 Å². The lowest BCUT2D eigenvalue weighted by atomic mass is 9.41. The van der Waals surface area contributed by atoms with Gasteiger partial charge in [0.2, 0.25) is 0 Å². The largest absolute Gasteiger partial charge is 0.393 e. The lowest BCUT2D eigenvalue weighted by Crippen LogP contribution is -2.58. The van der Waals surface area contributed by atoms with E-state index >= 15 is 0 Å². The van der Waals surface area contributed by atoms with E-state index in [1.807, 2.05) is 0 Å². The first-order chi connectivity index (χ1) is 15.5. The van der Waals surface area contributed by atoms with Gasteiger partial charge < -0.3 is 20.4 Å². The third kappa shape index (κ3) is 3.68. The fourth-order valence-corrected chi connectivity index (χ4v) is 9.80. The van der Waals surface area contributed by atoms with Gasteiger partial charge in [-0.25, -0.2) is 0 Å². The monoisotopic (exact) mass is 476 g/mol. The summed E-state index contributed by atoms with van der Waals surface area (Å²) in [5, 5.41) is 42.1. The van der Waals surface area contributed by atoms with Crippen molar-refractivity contribution in [3.05, 3.63) is 11.6 Å². The summed E-state index contributed by atoms with van der Waals surface area (Å²) in [7, 11) is 0. The number of hydrogen-bond acceptors (Lipinski definition) is 4. The zero-order valence-corrected chi connectivity index (χ0v) is 23.1. The average Bonchev–Trinajstić information content (AvgIpc) is 3.01. The Balaban J connectivity index is 1.60. The third-order valence-corrected chi connectivity index (χ3v) is 12.3. The van der Waals surface area contributed by atoms with Crippen LogP contribution in [0.2, 0.25) is 0 Å². The van der Waals surface area contributed by atoms with Crippen molar-refractivity contribution in [2.75, 3.05) is 0 Å². The van der Waals surface area contributed by atoms with Gasteiger partial charge in [-0.15, -0.1) is 0 Å². The first-order valence-electron chi connectivity index (χ1n) is 14.0. The lowest BCUT2D eigenvalue weighted by molar-refractivity contribution is -0.133. The van der Waals surface area contributed by atoms with Gasteiger partial charge in [0, 0.05) is 0 Å². The van der Waals surface area contributed by atoms with Gasteiger partial charge in [0.25, 0.3) is 0 Å². The molecule has 4 heteroatoms. The van der Waals surface area contributed by atoms with E-state index in [1.54, 1.807) is 19.4 Å². The van der Waals surface area contributed by atoms with Crippen LogP contribution in [0.1, 0.15) is 107 Å². The molecule has 0 aliphatic heterocycles. The number of fused-ring (bicyclic) bond motifs is 5. The third-order valence-electron chi connectivity index (χ3n) is 12.3. The van der Waals surface area contributed by atoms with E-state index in [4.69, 9.17) is 0 Å². The van der Waals surface area contributed by atoms with Gasteiger partial charge in [-0.05, 0) is 111 Å². The molecule has 3 fully saturated rings. The molecule has 0 amide bonds. The van der Waals surface area contributed by atoms with Gasteiger partial charge in [0.15, 0.2) is 0 Å². The molecule has 4 aliphatic rings. The van der Waals surface area contributed by atoms with Crippen LogP contribution in [-0.4, -0.2) is 44.3 Å². The number of allylic oxidation sites excluding steroid dienone is 2. The maximum Gasteiger partial charge on any atom is 0.108 e. The first-order valence-corrected chi connectivity index (χ1v) is 14.0. The Morgan fingerprint density at radius 2 is 1.65 bits per heavy atom. The predicted molar refractivity (Wildman–Crippen MR) is 137 cm³/mol. The number of aliphatic hydroxyl groups excluding tert-OH is 3. The van der Waals surface area contributed by atoms with Gasteiger partial charge in [0.05, 0.1) is 17.8 Å². The molecule has 0 saturated heterocycles. The second-order valence-electron chi connectivity index (χ2n) is 14.7. The minimum Gasteiger partial charge on any atom is -0.393 e. The molecule has 4 rings (SSSR count). The second kappa shape index (κ2) is 8.30. The zero-order valence-electron chi connectivity index (χ0n) is 23.1. The van der Waals surface area contributed by atoms with Gasteiger partial charge in [0.1, 0.15) is 6.10 Å². The van der Waals surface area contributed by atoms with E-state index in [1.165, 1.54) is 19.3 Å². The van der Waals surface area contributed by atoms with E-state index in [0.29, 0.717) is 24.2 Å². The minimum atomic E-state index is -1.30. The highest BCUT2D eigenvalue weighted by molar-refractivity contribution is 5.33. The van der Waals surface area contributed by atoms with Crippen molar-refractivity contribution >= 4 is 0 Å². The molecule has 3 unspecified atom stereocenters. The van der Waals surface area contributed by atoms with Crippen molar-refractivity contribution in [3.63, 3.8) is 0 Å². The van der Waals surface area contributed by atoms with Crippen LogP contribution in [0.4, 0.5) is 0 Å². The summed E-state index contributed by atoms with van der Waals surface area (Å²) < 4.78 is 0. The quantitative estimate of drug-likeness (QED) is 0.397. The molecule has 4 nitrogen and oxygen atoms in total. The molecule has 4 N–H and O–H groups in total. The van der Waals surface area contributed by atoms with Crippen LogP contribution < -0.4 is 0 Å². The Hall–Kier alpha value is -0.420. The SMILES string of the molecule is C[C@@H](C[C@@H](O)[C@H](O)C(C)(C)O)C1CC[C@]2(C)C3=CCC4C(C)(C)[C@@H](O)CC[C@]4(C)C3CC[C@@]12C. The Labute approximate surface area is 208 Å². The molecule has 3 saturated carbocycles. The molecular formula is C30H52O4. The number of aliphatic hydroxyl groups is 4. The maximum atomic E-state index is 10.8. The molecule has 0 aromatic carbocycles. The summed E-state index contributed by atoms with van der Waals surface area (Å²) in [6.07, 6.45) is 8.76. The summed E-state index contributed by atoms with van der Waals surface area (Å²) in [5.74, 6) is 1.91.